The lowest BCUT2D eigenvalue weighted by Gasteiger charge is -2.04. The highest BCUT2D eigenvalue weighted by Crippen LogP contribution is 2.22. The van der Waals surface area contributed by atoms with E-state index in [-0.39, 0.29) is 5.16 Å². The Morgan fingerprint density at radius 3 is 2.00 bits per heavy atom. The fourth-order valence-corrected chi connectivity index (χ4v) is 2.61. The standard InChI is InChI=1S/C7H8Br2N2O2S/c1-4-3-5(2)11-7(10-4)14(12,13)6(8)9/h3,6H,1-2H3. The maximum atomic E-state index is 11.6. The van der Waals surface area contributed by atoms with Crippen molar-refractivity contribution < 1.29 is 8.42 Å². The fraction of sp³-hybridized carbons (Fsp3) is 0.429. The van der Waals surface area contributed by atoms with E-state index >= 15 is 0 Å². The van der Waals surface area contributed by atoms with Crippen LogP contribution in [0.1, 0.15) is 11.4 Å². The van der Waals surface area contributed by atoms with Crippen LogP contribution in [0, 0.1) is 13.8 Å². The zero-order chi connectivity index (χ0) is 10.9. The van der Waals surface area contributed by atoms with E-state index in [1.54, 1.807) is 19.9 Å². The number of alkyl halides is 2. The molecule has 1 heterocycles. The molecule has 0 saturated carbocycles. The molecule has 4 nitrogen and oxygen atoms in total. The van der Waals surface area contributed by atoms with Gasteiger partial charge in [-0.1, -0.05) is 31.9 Å². The Hall–Kier alpha value is -0.0100. The molecule has 0 bridgehead atoms. The number of rotatable bonds is 2. The topological polar surface area (TPSA) is 59.9 Å². The zero-order valence-corrected chi connectivity index (χ0v) is 11.5. The van der Waals surface area contributed by atoms with Crippen LogP contribution in [-0.4, -0.2) is 21.5 Å². The summed E-state index contributed by atoms with van der Waals surface area (Å²) in [6.07, 6.45) is 0. The molecule has 1 aromatic heterocycles. The van der Waals surface area contributed by atoms with Crippen molar-refractivity contribution in [2.24, 2.45) is 0 Å². The number of hydrogen-bond donors (Lipinski definition) is 0. The van der Waals surface area contributed by atoms with E-state index in [0.29, 0.717) is 11.4 Å². The van der Waals surface area contributed by atoms with Crippen LogP contribution in [0.15, 0.2) is 11.2 Å². The van der Waals surface area contributed by atoms with Crippen LogP contribution in [0.2, 0.25) is 0 Å². The first-order chi connectivity index (χ1) is 6.34. The molecule has 0 aromatic carbocycles. The average Bonchev–Trinajstić information content (AvgIpc) is 2.01. The van der Waals surface area contributed by atoms with E-state index in [9.17, 15) is 8.42 Å². The third-order valence-corrected chi connectivity index (χ3v) is 5.56. The zero-order valence-electron chi connectivity index (χ0n) is 7.53. The maximum Gasteiger partial charge on any atom is 0.249 e. The van der Waals surface area contributed by atoms with Crippen LogP contribution in [0.4, 0.5) is 0 Å². The second-order valence-electron chi connectivity index (χ2n) is 2.74. The van der Waals surface area contributed by atoms with E-state index in [2.05, 4.69) is 41.8 Å². The predicted molar refractivity (Wildman–Crippen MR) is 60.3 cm³/mol. The summed E-state index contributed by atoms with van der Waals surface area (Å²) in [5.41, 5.74) is 1.27. The number of halogens is 2. The molecule has 0 N–H and O–H groups in total. The van der Waals surface area contributed by atoms with Crippen molar-refractivity contribution >= 4 is 41.7 Å². The molecule has 0 aliphatic rings. The lowest BCUT2D eigenvalue weighted by atomic mass is 10.4. The summed E-state index contributed by atoms with van der Waals surface area (Å²) in [5, 5.41) is -0.159. The lowest BCUT2D eigenvalue weighted by molar-refractivity contribution is 0.589. The molecule has 14 heavy (non-hydrogen) atoms. The minimum absolute atomic E-state index is 0.159. The third kappa shape index (κ3) is 2.52. The number of aromatic nitrogens is 2. The van der Waals surface area contributed by atoms with Crippen LogP contribution in [-0.2, 0) is 9.84 Å². The van der Waals surface area contributed by atoms with Gasteiger partial charge >= 0.3 is 0 Å². The van der Waals surface area contributed by atoms with Crippen molar-refractivity contribution in [2.75, 3.05) is 0 Å². The van der Waals surface area contributed by atoms with Gasteiger partial charge in [-0.2, -0.15) is 0 Å². The normalized spacial score (nSPS) is 12.1. The first-order valence-electron chi connectivity index (χ1n) is 3.68. The van der Waals surface area contributed by atoms with E-state index in [1.165, 1.54) is 0 Å². The first-order valence-corrected chi connectivity index (χ1v) is 7.06. The molecule has 0 saturated heterocycles. The van der Waals surface area contributed by atoms with Crippen LogP contribution >= 0.6 is 31.9 Å². The second-order valence-corrected chi connectivity index (χ2v) is 8.94. The minimum Gasteiger partial charge on any atom is -0.224 e. The molecule has 1 rings (SSSR count). The minimum atomic E-state index is -3.51. The van der Waals surface area contributed by atoms with Gasteiger partial charge < -0.3 is 0 Å². The Balaban J connectivity index is 3.34. The van der Waals surface area contributed by atoms with Crippen molar-refractivity contribution in [3.63, 3.8) is 0 Å². The van der Waals surface area contributed by atoms with E-state index in [1.807, 2.05) is 0 Å². The lowest BCUT2D eigenvalue weighted by Crippen LogP contribution is -2.13. The number of sulfone groups is 1. The first kappa shape index (κ1) is 12.1. The van der Waals surface area contributed by atoms with Gasteiger partial charge in [0.1, 0.15) is 0 Å². The smallest absolute Gasteiger partial charge is 0.224 e. The van der Waals surface area contributed by atoms with Gasteiger partial charge in [0.25, 0.3) is 0 Å². The number of aryl methyl sites for hydroxylation is 2. The van der Waals surface area contributed by atoms with Gasteiger partial charge in [-0.3, -0.25) is 0 Å². The van der Waals surface area contributed by atoms with Gasteiger partial charge in [-0.05, 0) is 19.9 Å². The molecule has 0 amide bonds. The summed E-state index contributed by atoms with van der Waals surface area (Å²) in [5.74, 6) is 0. The molecule has 0 aliphatic carbocycles. The molecule has 0 atom stereocenters. The molecular weight excluding hydrogens is 336 g/mol. The molecule has 1 aromatic rings. The average molecular weight is 344 g/mol. The molecule has 0 radical (unpaired) electrons. The monoisotopic (exact) mass is 342 g/mol. The molecule has 0 fully saturated rings. The van der Waals surface area contributed by atoms with Crippen LogP contribution in [0.5, 0.6) is 0 Å². The summed E-state index contributed by atoms with van der Waals surface area (Å²) in [7, 11) is -3.51. The van der Waals surface area contributed by atoms with Gasteiger partial charge in [0.05, 0.1) is 0 Å². The molecule has 7 heteroatoms. The van der Waals surface area contributed by atoms with Crippen molar-refractivity contribution in [1.29, 1.82) is 0 Å². The van der Waals surface area contributed by atoms with Gasteiger partial charge in [-0.15, -0.1) is 0 Å². The van der Waals surface area contributed by atoms with Gasteiger partial charge in [0.2, 0.25) is 15.0 Å². The van der Waals surface area contributed by atoms with Gasteiger partial charge in [0, 0.05) is 11.4 Å². The van der Waals surface area contributed by atoms with Crippen LogP contribution in [0.25, 0.3) is 0 Å². The third-order valence-electron chi connectivity index (χ3n) is 1.45. The van der Waals surface area contributed by atoms with E-state index in [0.717, 1.165) is 0 Å². The highest BCUT2D eigenvalue weighted by molar-refractivity contribution is 9.27. The Morgan fingerprint density at radius 2 is 1.64 bits per heavy atom. The van der Waals surface area contributed by atoms with Crippen LogP contribution < -0.4 is 0 Å². The van der Waals surface area contributed by atoms with Gasteiger partial charge in [-0.25, -0.2) is 18.4 Å². The Labute approximate surface area is 99.3 Å². The van der Waals surface area contributed by atoms with E-state index in [4.69, 9.17) is 0 Å². The predicted octanol–water partition coefficient (Wildman–Crippen LogP) is 1.94. The Kier molecular flexibility index (Phi) is 3.65. The fourth-order valence-electron chi connectivity index (χ4n) is 0.901. The van der Waals surface area contributed by atoms with Crippen molar-refractivity contribution in [1.82, 2.24) is 9.97 Å². The van der Waals surface area contributed by atoms with Crippen molar-refractivity contribution in [2.45, 2.75) is 22.1 Å². The Bertz CT molecular complexity index is 425. The molecular formula is C7H8Br2N2O2S. The highest BCUT2D eigenvalue weighted by atomic mass is 79.9. The SMILES string of the molecule is Cc1cc(C)nc(S(=O)(=O)C(Br)Br)n1. The molecule has 0 aliphatic heterocycles. The highest BCUT2D eigenvalue weighted by Gasteiger charge is 2.25. The number of hydrogen-bond acceptors (Lipinski definition) is 4. The summed E-state index contributed by atoms with van der Waals surface area (Å²) < 4.78 is 22.4. The quantitative estimate of drug-likeness (QED) is 0.608. The van der Waals surface area contributed by atoms with Crippen LogP contribution in [0.3, 0.4) is 0 Å². The molecule has 0 spiro atoms. The summed E-state index contributed by atoms with van der Waals surface area (Å²) in [6, 6.07) is 1.72. The second kappa shape index (κ2) is 4.24. The number of nitrogens with zero attached hydrogens (tertiary/aromatic N) is 2. The molecule has 0 unspecified atom stereocenters. The molecule has 78 valence electrons. The summed E-state index contributed by atoms with van der Waals surface area (Å²) in [4.78, 5) is 7.74. The Morgan fingerprint density at radius 1 is 1.21 bits per heavy atom. The largest absolute Gasteiger partial charge is 0.249 e. The van der Waals surface area contributed by atoms with Gasteiger partial charge in [0.15, 0.2) is 3.07 Å². The van der Waals surface area contributed by atoms with E-state index < -0.39 is 12.9 Å². The van der Waals surface area contributed by atoms with Crippen molar-refractivity contribution in [3.05, 3.63) is 17.5 Å². The summed E-state index contributed by atoms with van der Waals surface area (Å²) >= 11 is 5.86. The summed E-state index contributed by atoms with van der Waals surface area (Å²) in [6.45, 7) is 3.45. The van der Waals surface area contributed by atoms with Crippen molar-refractivity contribution in [3.8, 4) is 0 Å². The maximum absolute atomic E-state index is 11.6.